The molecule has 0 spiro atoms. The Kier molecular flexibility index (Phi) is 23.1. The number of piperidine rings is 1. The second kappa shape index (κ2) is 27.3. The number of Topliss-reactive ketones (excluding diaryl/α,β-unsaturated/α-hetero) is 2. The van der Waals surface area contributed by atoms with E-state index >= 15 is 0 Å². The van der Waals surface area contributed by atoms with Crippen LogP contribution in [-0.4, -0.2) is 139 Å². The fraction of sp³-hybridized carbons (Fsp3) is 0.774. The minimum Gasteiger partial charge on any atom is -0.461 e. The zero-order chi connectivity index (χ0) is 49.4. The molecule has 1 unspecified atom stereocenters. The van der Waals surface area contributed by atoms with Crippen LogP contribution in [0.2, 0.25) is 0 Å². The first-order chi connectivity index (χ1) is 31.9. The number of ether oxygens (including phenoxy) is 6. The first kappa shape index (κ1) is 56.5. The predicted molar refractivity (Wildman–Crippen MR) is 256 cm³/mol. The van der Waals surface area contributed by atoms with E-state index in [1.807, 2.05) is 64.2 Å². The highest BCUT2D eigenvalue weighted by Crippen LogP contribution is 2.38. The minimum absolute atomic E-state index is 0.0636. The van der Waals surface area contributed by atoms with Crippen molar-refractivity contribution in [1.82, 2.24) is 4.90 Å². The van der Waals surface area contributed by atoms with Crippen molar-refractivity contribution in [3.8, 4) is 0 Å². The van der Waals surface area contributed by atoms with E-state index in [1.165, 1.54) is 12.0 Å². The third-order valence-corrected chi connectivity index (χ3v) is 14.9. The molecule has 0 aromatic rings. The van der Waals surface area contributed by atoms with Gasteiger partial charge in [-0.15, -0.1) is 0 Å². The molecule has 2 bridgehead atoms. The third kappa shape index (κ3) is 15.7. The Morgan fingerprint density at radius 2 is 1.57 bits per heavy atom. The lowest BCUT2D eigenvalue weighted by Gasteiger charge is -2.42. The Bertz CT molecular complexity index is 1730. The second-order valence-corrected chi connectivity index (χ2v) is 20.3. The highest BCUT2D eigenvalue weighted by Gasteiger charge is 2.53. The summed E-state index contributed by atoms with van der Waals surface area (Å²) in [5.41, 5.74) is 1.51. The van der Waals surface area contributed by atoms with Gasteiger partial charge in [0.15, 0.2) is 5.78 Å². The van der Waals surface area contributed by atoms with Crippen molar-refractivity contribution < 1.29 is 62.9 Å². The Labute approximate surface area is 400 Å². The summed E-state index contributed by atoms with van der Waals surface area (Å²) in [7, 11) is 4.71. The third-order valence-electron chi connectivity index (χ3n) is 14.9. The van der Waals surface area contributed by atoms with Crippen LogP contribution in [0.25, 0.3) is 0 Å². The van der Waals surface area contributed by atoms with Crippen LogP contribution in [0.5, 0.6) is 0 Å². The molecule has 1 amide bonds. The summed E-state index contributed by atoms with van der Waals surface area (Å²) in [5.74, 6) is -6.09. The average Bonchev–Trinajstić information content (AvgIpc) is 3.31. The molecule has 0 aromatic carbocycles. The summed E-state index contributed by atoms with van der Waals surface area (Å²) in [6.45, 7) is 13.8. The second-order valence-electron chi connectivity index (χ2n) is 20.3. The predicted octanol–water partition coefficient (Wildman–Crippen LogP) is 7.02. The molecule has 380 valence electrons. The summed E-state index contributed by atoms with van der Waals surface area (Å²) < 4.78 is 35.9. The monoisotopic (exact) mass is 944 g/mol. The van der Waals surface area contributed by atoms with Gasteiger partial charge in [-0.2, -0.15) is 0 Å². The lowest BCUT2D eigenvalue weighted by atomic mass is 9.78. The number of fused-ring (bicyclic) bond motifs is 3. The SMILES string of the molecule is CO[C@H]1C[C@@H]2CC[C@@H](C)C(O)(O2)C(=O)C(=O)N2CCCC[C@H]2C(=O)O[C@H]([C@H](C)C[C@@H]2CC[C@@H](OCCO)[C@H](OC)C2)CC[C@H](C)/C=C(\C)[C@@H](O)[C@@H](OC)C(=O)[C@H](C)C[C@H](C)/C=C/C=C/C=C/1C. The van der Waals surface area contributed by atoms with Crippen molar-refractivity contribution >= 4 is 23.4 Å². The largest absolute Gasteiger partial charge is 0.461 e. The number of cyclic esters (lactones) is 1. The van der Waals surface area contributed by atoms with E-state index in [2.05, 4.69) is 6.92 Å². The van der Waals surface area contributed by atoms with Gasteiger partial charge in [0.25, 0.3) is 11.7 Å². The molecule has 4 rings (SSSR count). The van der Waals surface area contributed by atoms with E-state index < -0.39 is 65.9 Å². The van der Waals surface area contributed by atoms with E-state index in [0.717, 1.165) is 31.3 Å². The van der Waals surface area contributed by atoms with Gasteiger partial charge in [0.1, 0.15) is 24.4 Å². The van der Waals surface area contributed by atoms with Crippen molar-refractivity contribution in [1.29, 1.82) is 0 Å². The van der Waals surface area contributed by atoms with Gasteiger partial charge in [-0.05, 0) is 126 Å². The molecule has 4 aliphatic rings. The molecule has 1 aliphatic carbocycles. The van der Waals surface area contributed by atoms with E-state index in [4.69, 9.17) is 28.4 Å². The normalized spacial score (nSPS) is 39.5. The molecular formula is C53H85NO13. The van der Waals surface area contributed by atoms with Crippen LogP contribution in [-0.2, 0) is 47.6 Å². The Morgan fingerprint density at radius 3 is 2.25 bits per heavy atom. The Morgan fingerprint density at radius 1 is 0.821 bits per heavy atom. The number of hydrogen-bond donors (Lipinski definition) is 3. The highest BCUT2D eigenvalue weighted by atomic mass is 16.6. The van der Waals surface area contributed by atoms with Crippen molar-refractivity contribution in [2.24, 2.45) is 35.5 Å². The zero-order valence-corrected chi connectivity index (χ0v) is 42.2. The number of aliphatic hydroxyl groups is 3. The van der Waals surface area contributed by atoms with Crippen molar-refractivity contribution in [3.63, 3.8) is 0 Å². The van der Waals surface area contributed by atoms with Crippen LogP contribution in [0.3, 0.4) is 0 Å². The van der Waals surface area contributed by atoms with Crippen LogP contribution >= 0.6 is 0 Å². The Hall–Kier alpha value is -3.08. The van der Waals surface area contributed by atoms with Crippen LogP contribution in [0.4, 0.5) is 0 Å². The molecule has 3 fully saturated rings. The van der Waals surface area contributed by atoms with Crippen molar-refractivity contribution in [3.05, 3.63) is 47.6 Å². The number of amides is 1. The molecule has 2 saturated heterocycles. The first-order valence-electron chi connectivity index (χ1n) is 25.1. The maximum absolute atomic E-state index is 14.5. The number of carbonyl (C=O) groups excluding carboxylic acids is 4. The summed E-state index contributed by atoms with van der Waals surface area (Å²) in [4.78, 5) is 58.0. The number of nitrogens with zero attached hydrogens (tertiary/aromatic N) is 1. The number of esters is 1. The van der Waals surface area contributed by atoms with Crippen molar-refractivity contribution in [2.45, 2.75) is 186 Å². The van der Waals surface area contributed by atoms with Crippen LogP contribution < -0.4 is 0 Å². The summed E-state index contributed by atoms with van der Waals surface area (Å²) in [6.07, 6.45) is 15.3. The molecule has 14 nitrogen and oxygen atoms in total. The maximum atomic E-state index is 14.5. The lowest BCUT2D eigenvalue weighted by Crippen LogP contribution is -2.61. The molecule has 0 aromatic heterocycles. The smallest absolute Gasteiger partial charge is 0.329 e. The van der Waals surface area contributed by atoms with Gasteiger partial charge in [0, 0.05) is 46.1 Å². The number of rotatable bonds is 9. The number of ketones is 2. The highest BCUT2D eigenvalue weighted by molar-refractivity contribution is 6.39. The molecular weight excluding hydrogens is 859 g/mol. The Balaban J connectivity index is 1.67. The fourth-order valence-electron chi connectivity index (χ4n) is 10.7. The molecule has 3 N–H and O–H groups in total. The van der Waals surface area contributed by atoms with Gasteiger partial charge in [0.05, 0.1) is 37.6 Å². The summed E-state index contributed by atoms with van der Waals surface area (Å²) in [6, 6.07) is -1.02. The van der Waals surface area contributed by atoms with Gasteiger partial charge in [-0.3, -0.25) is 14.4 Å². The molecule has 1 saturated carbocycles. The average molecular weight is 944 g/mol. The van der Waals surface area contributed by atoms with Crippen molar-refractivity contribution in [2.75, 3.05) is 41.1 Å². The molecule has 3 heterocycles. The van der Waals surface area contributed by atoms with Gasteiger partial charge in [0.2, 0.25) is 5.79 Å². The summed E-state index contributed by atoms with van der Waals surface area (Å²) in [5, 5.41) is 32.8. The van der Waals surface area contributed by atoms with Gasteiger partial charge in [-0.1, -0.05) is 71.1 Å². The maximum Gasteiger partial charge on any atom is 0.329 e. The number of carbonyl (C=O) groups is 4. The van der Waals surface area contributed by atoms with Crippen LogP contribution in [0.15, 0.2) is 47.6 Å². The standard InChI is InChI=1S/C53H85NO13/c1-33-16-12-11-13-17-35(3)45(62-8)32-41-22-20-39(7)53(61,67-41)50(58)51(59)54-25-15-14-18-42(54)52(60)66-43(36(4)30-40-21-24-44(65-27-26-55)46(31-40)63-9)23-19-34(2)29-38(6)48(57)49(64-10)47(56)37(5)28-33/h11-13,16-17,29,33-34,36-37,39-46,48-49,55,57,61H,14-15,18-28,30-32H2,1-10H3/b13-11+,16-12+,35-17+,38-29+/t33-,34+,36-,37-,39-,40+,41+,42+,43+,44-,45+,46-,48-,49+,53?/m1/s1. The quantitative estimate of drug-likeness (QED) is 0.122. The molecule has 14 heteroatoms. The molecule has 15 atom stereocenters. The first-order valence-corrected chi connectivity index (χ1v) is 25.1. The van der Waals surface area contributed by atoms with Crippen LogP contribution in [0, 0.1) is 35.5 Å². The molecule has 0 radical (unpaired) electrons. The summed E-state index contributed by atoms with van der Waals surface area (Å²) >= 11 is 0. The van der Waals surface area contributed by atoms with Gasteiger partial charge < -0.3 is 48.6 Å². The fourth-order valence-corrected chi connectivity index (χ4v) is 10.7. The van der Waals surface area contributed by atoms with Gasteiger partial charge >= 0.3 is 5.97 Å². The van der Waals surface area contributed by atoms with E-state index in [1.54, 1.807) is 28.1 Å². The van der Waals surface area contributed by atoms with E-state index in [0.29, 0.717) is 63.4 Å². The number of methoxy groups -OCH3 is 3. The van der Waals surface area contributed by atoms with Crippen LogP contribution in [0.1, 0.15) is 132 Å². The topological polar surface area (TPSA) is 188 Å². The zero-order valence-electron chi connectivity index (χ0n) is 42.2. The lowest BCUT2D eigenvalue weighted by molar-refractivity contribution is -0.265. The minimum atomic E-state index is -2.38. The molecule has 67 heavy (non-hydrogen) atoms. The number of aliphatic hydroxyl groups excluding tert-OH is 2. The number of allylic oxidation sites excluding steroid dienone is 6. The van der Waals surface area contributed by atoms with Gasteiger partial charge in [-0.25, -0.2) is 4.79 Å². The number of hydrogen-bond acceptors (Lipinski definition) is 13. The van der Waals surface area contributed by atoms with E-state index in [9.17, 15) is 34.5 Å². The van der Waals surface area contributed by atoms with E-state index in [-0.39, 0.29) is 67.3 Å². The molecule has 3 aliphatic heterocycles.